The van der Waals surface area contributed by atoms with Gasteiger partial charge in [0.1, 0.15) is 0 Å². The molecule has 0 heterocycles. The first-order chi connectivity index (χ1) is 6.47. The molecule has 0 aromatic heterocycles. The van der Waals surface area contributed by atoms with Gasteiger partial charge in [-0.3, -0.25) is 0 Å². The molecule has 84 valence electrons. The van der Waals surface area contributed by atoms with E-state index in [0.29, 0.717) is 0 Å². The van der Waals surface area contributed by atoms with Gasteiger partial charge in [0.05, 0.1) is 5.60 Å². The van der Waals surface area contributed by atoms with Gasteiger partial charge in [-0.1, -0.05) is 6.92 Å². The topological polar surface area (TPSA) is 21.3 Å². The van der Waals surface area contributed by atoms with Crippen molar-refractivity contribution in [1.29, 1.82) is 0 Å². The van der Waals surface area contributed by atoms with Gasteiger partial charge in [0.2, 0.25) is 0 Å². The maximum atomic E-state index is 5.69. The van der Waals surface area contributed by atoms with E-state index >= 15 is 0 Å². The van der Waals surface area contributed by atoms with Gasteiger partial charge < -0.3 is 10.1 Å². The molecule has 0 aromatic rings. The van der Waals surface area contributed by atoms with Gasteiger partial charge >= 0.3 is 0 Å². The molecule has 1 aliphatic rings. The van der Waals surface area contributed by atoms with E-state index in [1.165, 1.54) is 12.8 Å². The molecule has 0 saturated heterocycles. The van der Waals surface area contributed by atoms with E-state index in [2.05, 4.69) is 33.0 Å². The second-order valence-corrected chi connectivity index (χ2v) is 5.54. The first-order valence-electron chi connectivity index (χ1n) is 5.85. The van der Waals surface area contributed by atoms with Crippen LogP contribution in [0.25, 0.3) is 0 Å². The van der Waals surface area contributed by atoms with E-state index in [9.17, 15) is 0 Å². The predicted octanol–water partition coefficient (Wildman–Crippen LogP) is 2.58. The van der Waals surface area contributed by atoms with E-state index in [1.807, 2.05) is 0 Å². The molecule has 1 aliphatic carbocycles. The average molecular weight is 199 g/mol. The minimum Gasteiger partial charge on any atom is -0.376 e. The predicted molar refractivity (Wildman–Crippen MR) is 60.5 cm³/mol. The molecule has 1 N–H and O–H groups in total. The van der Waals surface area contributed by atoms with Crippen LogP contribution >= 0.6 is 0 Å². The Kier molecular flexibility index (Phi) is 4.39. The molecular formula is C12H25NO. The fourth-order valence-corrected chi connectivity index (χ4v) is 1.32. The Hall–Kier alpha value is -0.0800. The van der Waals surface area contributed by atoms with Crippen molar-refractivity contribution in [1.82, 2.24) is 5.32 Å². The normalized spacial score (nSPS) is 19.7. The summed E-state index contributed by atoms with van der Waals surface area (Å²) in [5.74, 6) is 0.734. The summed E-state index contributed by atoms with van der Waals surface area (Å²) in [6.07, 6.45) is 3.92. The van der Waals surface area contributed by atoms with E-state index in [4.69, 9.17) is 4.74 Å². The molecule has 0 radical (unpaired) electrons. The number of nitrogens with one attached hydrogen (secondary N) is 1. The van der Waals surface area contributed by atoms with Gasteiger partial charge in [-0.05, 0) is 52.5 Å². The fourth-order valence-electron chi connectivity index (χ4n) is 1.32. The van der Waals surface area contributed by atoms with Gasteiger partial charge in [0.25, 0.3) is 0 Å². The third-order valence-corrected chi connectivity index (χ3v) is 2.48. The van der Waals surface area contributed by atoms with Crippen LogP contribution in [0.1, 0.15) is 47.0 Å². The van der Waals surface area contributed by atoms with Crippen LogP contribution < -0.4 is 5.32 Å². The molecule has 0 spiro atoms. The van der Waals surface area contributed by atoms with Gasteiger partial charge in [-0.15, -0.1) is 0 Å². The Bertz CT molecular complexity index is 158. The van der Waals surface area contributed by atoms with Crippen LogP contribution in [0.5, 0.6) is 0 Å². The smallest absolute Gasteiger partial charge is 0.0598 e. The number of rotatable bonds is 6. The summed E-state index contributed by atoms with van der Waals surface area (Å²) in [4.78, 5) is 0. The molecule has 0 amide bonds. The second kappa shape index (κ2) is 5.13. The van der Waals surface area contributed by atoms with Crippen molar-refractivity contribution in [2.45, 2.75) is 58.6 Å². The molecule has 14 heavy (non-hydrogen) atoms. The van der Waals surface area contributed by atoms with Crippen molar-refractivity contribution in [2.24, 2.45) is 5.92 Å². The Morgan fingerprint density at radius 1 is 1.36 bits per heavy atom. The summed E-state index contributed by atoms with van der Waals surface area (Å²) >= 11 is 0. The first-order valence-corrected chi connectivity index (χ1v) is 5.85. The summed E-state index contributed by atoms with van der Waals surface area (Å²) in [6, 6.07) is 0.834. The molecule has 2 heteroatoms. The number of ether oxygens (including phenoxy) is 1. The SMILES string of the molecule is CC(CCOC(C)(C)C)CNC1CC1. The van der Waals surface area contributed by atoms with Crippen LogP contribution in [0.2, 0.25) is 0 Å². The summed E-state index contributed by atoms with van der Waals surface area (Å²) in [7, 11) is 0. The highest BCUT2D eigenvalue weighted by atomic mass is 16.5. The maximum Gasteiger partial charge on any atom is 0.0598 e. The molecule has 0 aromatic carbocycles. The Morgan fingerprint density at radius 2 is 2.00 bits per heavy atom. The monoisotopic (exact) mass is 199 g/mol. The van der Waals surface area contributed by atoms with Crippen molar-refractivity contribution in [3.8, 4) is 0 Å². The Balaban J connectivity index is 1.93. The lowest BCUT2D eigenvalue weighted by Crippen LogP contribution is -2.25. The van der Waals surface area contributed by atoms with E-state index < -0.39 is 0 Å². The highest BCUT2D eigenvalue weighted by Crippen LogP contribution is 2.19. The summed E-state index contributed by atoms with van der Waals surface area (Å²) < 4.78 is 5.69. The number of hydrogen-bond acceptors (Lipinski definition) is 2. The summed E-state index contributed by atoms with van der Waals surface area (Å²) in [6.45, 7) is 10.7. The molecule has 1 atom stereocenters. The van der Waals surface area contributed by atoms with E-state index in [0.717, 1.165) is 31.5 Å². The maximum absolute atomic E-state index is 5.69. The van der Waals surface area contributed by atoms with Crippen LogP contribution in [0.4, 0.5) is 0 Å². The lowest BCUT2D eigenvalue weighted by molar-refractivity contribution is -0.00844. The van der Waals surface area contributed by atoms with Crippen LogP contribution in [-0.4, -0.2) is 24.8 Å². The lowest BCUT2D eigenvalue weighted by atomic mass is 10.1. The van der Waals surface area contributed by atoms with Crippen molar-refractivity contribution >= 4 is 0 Å². The lowest BCUT2D eigenvalue weighted by Gasteiger charge is -2.21. The average Bonchev–Trinajstić information content (AvgIpc) is 2.81. The minimum absolute atomic E-state index is 0.0175. The van der Waals surface area contributed by atoms with Gasteiger partial charge in [-0.2, -0.15) is 0 Å². The molecule has 0 bridgehead atoms. The third-order valence-electron chi connectivity index (χ3n) is 2.48. The van der Waals surface area contributed by atoms with E-state index in [1.54, 1.807) is 0 Å². The third kappa shape index (κ3) is 6.39. The molecule has 1 unspecified atom stereocenters. The van der Waals surface area contributed by atoms with Crippen LogP contribution in [0.3, 0.4) is 0 Å². The highest BCUT2D eigenvalue weighted by molar-refractivity contribution is 4.81. The van der Waals surface area contributed by atoms with Crippen molar-refractivity contribution in [2.75, 3.05) is 13.2 Å². The van der Waals surface area contributed by atoms with Crippen LogP contribution in [0, 0.1) is 5.92 Å². The van der Waals surface area contributed by atoms with Crippen LogP contribution in [-0.2, 0) is 4.74 Å². The Morgan fingerprint density at radius 3 is 2.50 bits per heavy atom. The summed E-state index contributed by atoms with van der Waals surface area (Å²) in [5, 5.41) is 3.55. The Labute approximate surface area is 88.4 Å². The molecule has 1 saturated carbocycles. The molecule has 2 nitrogen and oxygen atoms in total. The molecule has 1 fully saturated rings. The zero-order valence-electron chi connectivity index (χ0n) is 10.1. The summed E-state index contributed by atoms with van der Waals surface area (Å²) in [5.41, 5.74) is 0.0175. The zero-order valence-corrected chi connectivity index (χ0v) is 10.1. The van der Waals surface area contributed by atoms with Crippen molar-refractivity contribution < 1.29 is 4.74 Å². The molecule has 0 aliphatic heterocycles. The standard InChI is InChI=1S/C12H25NO/c1-10(9-13-11-5-6-11)7-8-14-12(2,3)4/h10-11,13H,5-9H2,1-4H3. The van der Waals surface area contributed by atoms with Gasteiger partial charge in [0.15, 0.2) is 0 Å². The fraction of sp³-hybridized carbons (Fsp3) is 1.00. The van der Waals surface area contributed by atoms with Crippen molar-refractivity contribution in [3.05, 3.63) is 0 Å². The van der Waals surface area contributed by atoms with Crippen molar-refractivity contribution in [3.63, 3.8) is 0 Å². The largest absolute Gasteiger partial charge is 0.376 e. The van der Waals surface area contributed by atoms with Gasteiger partial charge in [0, 0.05) is 12.6 Å². The number of hydrogen-bond donors (Lipinski definition) is 1. The molecular weight excluding hydrogens is 174 g/mol. The second-order valence-electron chi connectivity index (χ2n) is 5.54. The van der Waals surface area contributed by atoms with Crippen LogP contribution in [0.15, 0.2) is 0 Å². The van der Waals surface area contributed by atoms with Gasteiger partial charge in [-0.25, -0.2) is 0 Å². The highest BCUT2D eigenvalue weighted by Gasteiger charge is 2.20. The quantitative estimate of drug-likeness (QED) is 0.710. The first kappa shape index (κ1) is 12.0. The minimum atomic E-state index is 0.0175. The molecule has 1 rings (SSSR count). The van der Waals surface area contributed by atoms with E-state index in [-0.39, 0.29) is 5.60 Å². The zero-order chi connectivity index (χ0) is 10.6.